The number of carbonyl (C=O) groups is 1. The van der Waals surface area contributed by atoms with Crippen LogP contribution in [-0.4, -0.2) is 16.1 Å². The van der Waals surface area contributed by atoms with Gasteiger partial charge in [0.1, 0.15) is 0 Å². The van der Waals surface area contributed by atoms with Crippen LogP contribution in [0.2, 0.25) is 0 Å². The van der Waals surface area contributed by atoms with Crippen LogP contribution in [-0.2, 0) is 17.4 Å². The molecule has 0 radical (unpaired) electrons. The predicted molar refractivity (Wildman–Crippen MR) is 94.1 cm³/mol. The molecule has 0 aliphatic heterocycles. The first-order valence-electron chi connectivity index (χ1n) is 8.18. The van der Waals surface area contributed by atoms with Gasteiger partial charge in [0.05, 0.1) is 29.1 Å². The molecule has 140 valence electrons. The van der Waals surface area contributed by atoms with Crippen molar-refractivity contribution in [2.45, 2.75) is 25.6 Å². The first kappa shape index (κ1) is 18.6. The Kier molecular flexibility index (Phi) is 4.98. The van der Waals surface area contributed by atoms with E-state index in [-0.39, 0.29) is 12.0 Å². The third-order valence-corrected chi connectivity index (χ3v) is 4.19. The Bertz CT molecular complexity index is 1040. The van der Waals surface area contributed by atoms with E-state index in [1.165, 1.54) is 12.1 Å². The van der Waals surface area contributed by atoms with E-state index >= 15 is 0 Å². The molecular weight excluding hydrogens is 359 g/mol. The lowest BCUT2D eigenvalue weighted by Gasteiger charge is -2.16. The van der Waals surface area contributed by atoms with Crippen molar-refractivity contribution in [1.82, 2.24) is 15.5 Å². The molecular formula is C19H16F3N3O2. The summed E-state index contributed by atoms with van der Waals surface area (Å²) in [6.45, 7) is 1.60. The molecule has 5 nitrogen and oxygen atoms in total. The quantitative estimate of drug-likeness (QED) is 0.734. The van der Waals surface area contributed by atoms with Gasteiger partial charge >= 0.3 is 6.18 Å². The van der Waals surface area contributed by atoms with Gasteiger partial charge in [-0.3, -0.25) is 9.59 Å². The number of amides is 1. The largest absolute Gasteiger partial charge is 0.416 e. The Labute approximate surface area is 152 Å². The molecule has 0 fully saturated rings. The number of benzene rings is 2. The molecule has 0 aliphatic carbocycles. The third kappa shape index (κ3) is 4.16. The summed E-state index contributed by atoms with van der Waals surface area (Å²) < 4.78 is 38.5. The SMILES string of the molecule is C[C@H](NC(=O)Cc1n[nH]c(=O)c2ccccc12)c1cccc(C(F)(F)F)c1. The van der Waals surface area contributed by atoms with Crippen LogP contribution in [0.5, 0.6) is 0 Å². The number of nitrogens with zero attached hydrogens (tertiary/aromatic N) is 1. The molecule has 0 spiro atoms. The fraction of sp³-hybridized carbons (Fsp3) is 0.211. The van der Waals surface area contributed by atoms with Gasteiger partial charge in [0, 0.05) is 5.39 Å². The van der Waals surface area contributed by atoms with E-state index in [4.69, 9.17) is 0 Å². The monoisotopic (exact) mass is 375 g/mol. The fourth-order valence-electron chi connectivity index (χ4n) is 2.82. The van der Waals surface area contributed by atoms with Crippen LogP contribution in [0.25, 0.3) is 10.8 Å². The molecule has 1 aromatic heterocycles. The first-order valence-corrected chi connectivity index (χ1v) is 8.18. The van der Waals surface area contributed by atoms with Crippen LogP contribution in [0, 0.1) is 0 Å². The van der Waals surface area contributed by atoms with Crippen LogP contribution in [0.15, 0.2) is 53.3 Å². The highest BCUT2D eigenvalue weighted by Gasteiger charge is 2.30. The highest BCUT2D eigenvalue weighted by Crippen LogP contribution is 2.30. The van der Waals surface area contributed by atoms with Crippen LogP contribution < -0.4 is 10.9 Å². The van der Waals surface area contributed by atoms with Crippen molar-refractivity contribution < 1.29 is 18.0 Å². The normalized spacial score (nSPS) is 12.7. The second-order valence-electron chi connectivity index (χ2n) is 6.13. The predicted octanol–water partition coefficient (Wildman–Crippen LogP) is 3.36. The van der Waals surface area contributed by atoms with Crippen LogP contribution >= 0.6 is 0 Å². The molecule has 0 bridgehead atoms. The van der Waals surface area contributed by atoms with Crippen molar-refractivity contribution >= 4 is 16.7 Å². The fourth-order valence-corrected chi connectivity index (χ4v) is 2.82. The van der Waals surface area contributed by atoms with E-state index in [9.17, 15) is 22.8 Å². The standard InChI is InChI=1S/C19H16F3N3O2/c1-11(12-5-4-6-13(9-12)19(20,21)22)23-17(26)10-16-14-7-2-3-8-15(14)18(27)25-24-16/h2-9,11H,10H2,1H3,(H,23,26)(H,25,27)/t11-/m0/s1. The Morgan fingerprint density at radius 3 is 2.56 bits per heavy atom. The van der Waals surface area contributed by atoms with E-state index in [0.29, 0.717) is 22.0 Å². The molecule has 0 saturated carbocycles. The highest BCUT2D eigenvalue weighted by atomic mass is 19.4. The number of alkyl halides is 3. The molecule has 8 heteroatoms. The molecule has 27 heavy (non-hydrogen) atoms. The number of aromatic nitrogens is 2. The number of halogens is 3. The number of fused-ring (bicyclic) bond motifs is 1. The molecule has 0 unspecified atom stereocenters. The van der Waals surface area contributed by atoms with Gasteiger partial charge in [0.2, 0.25) is 5.91 Å². The van der Waals surface area contributed by atoms with Gasteiger partial charge in [-0.2, -0.15) is 18.3 Å². The second kappa shape index (κ2) is 7.22. The number of nitrogens with one attached hydrogen (secondary N) is 2. The van der Waals surface area contributed by atoms with E-state index in [2.05, 4.69) is 15.5 Å². The lowest BCUT2D eigenvalue weighted by molar-refractivity contribution is -0.137. The summed E-state index contributed by atoms with van der Waals surface area (Å²) >= 11 is 0. The van der Waals surface area contributed by atoms with Crippen molar-refractivity contribution in [3.63, 3.8) is 0 Å². The number of hydrogen-bond donors (Lipinski definition) is 2. The van der Waals surface area contributed by atoms with Crippen molar-refractivity contribution in [3.05, 3.63) is 75.7 Å². The second-order valence-corrected chi connectivity index (χ2v) is 6.13. The molecule has 1 heterocycles. The summed E-state index contributed by atoms with van der Waals surface area (Å²) in [4.78, 5) is 24.1. The average molecular weight is 375 g/mol. The molecule has 3 aromatic rings. The number of carbonyl (C=O) groups excluding carboxylic acids is 1. The summed E-state index contributed by atoms with van der Waals surface area (Å²) in [5.74, 6) is -0.412. The Morgan fingerprint density at radius 2 is 1.85 bits per heavy atom. The maximum Gasteiger partial charge on any atom is 0.416 e. The third-order valence-electron chi connectivity index (χ3n) is 4.19. The van der Waals surface area contributed by atoms with Gasteiger partial charge in [-0.1, -0.05) is 30.3 Å². The van der Waals surface area contributed by atoms with Crippen LogP contribution in [0.3, 0.4) is 0 Å². The van der Waals surface area contributed by atoms with Crippen molar-refractivity contribution in [2.24, 2.45) is 0 Å². The van der Waals surface area contributed by atoms with Crippen molar-refractivity contribution in [2.75, 3.05) is 0 Å². The summed E-state index contributed by atoms with van der Waals surface area (Å²) in [5, 5.41) is 9.91. The molecule has 2 aromatic carbocycles. The topological polar surface area (TPSA) is 74.8 Å². The molecule has 3 rings (SSSR count). The molecule has 1 atom stereocenters. The van der Waals surface area contributed by atoms with Crippen LogP contribution in [0.1, 0.15) is 29.8 Å². The molecule has 0 aliphatic rings. The maximum atomic E-state index is 12.8. The molecule has 1 amide bonds. The molecule has 2 N–H and O–H groups in total. The highest BCUT2D eigenvalue weighted by molar-refractivity contribution is 5.88. The lowest BCUT2D eigenvalue weighted by atomic mass is 10.0. The zero-order chi connectivity index (χ0) is 19.6. The van der Waals surface area contributed by atoms with E-state index < -0.39 is 23.7 Å². The zero-order valence-corrected chi connectivity index (χ0v) is 14.3. The minimum atomic E-state index is -4.45. The Morgan fingerprint density at radius 1 is 1.15 bits per heavy atom. The lowest BCUT2D eigenvalue weighted by Crippen LogP contribution is -2.29. The number of rotatable bonds is 4. The van der Waals surface area contributed by atoms with E-state index in [0.717, 1.165) is 12.1 Å². The van der Waals surface area contributed by atoms with Gasteiger partial charge in [-0.25, -0.2) is 5.10 Å². The minimum absolute atomic E-state index is 0.111. The van der Waals surface area contributed by atoms with Crippen molar-refractivity contribution in [3.8, 4) is 0 Å². The molecule has 0 saturated heterocycles. The Balaban J connectivity index is 1.77. The smallest absolute Gasteiger partial charge is 0.349 e. The van der Waals surface area contributed by atoms with Gasteiger partial charge in [-0.05, 0) is 30.7 Å². The van der Waals surface area contributed by atoms with Crippen molar-refractivity contribution in [1.29, 1.82) is 0 Å². The van der Waals surface area contributed by atoms with Gasteiger partial charge in [-0.15, -0.1) is 0 Å². The summed E-state index contributed by atoms with van der Waals surface area (Å²) in [7, 11) is 0. The Hall–Kier alpha value is -3.16. The average Bonchev–Trinajstić information content (AvgIpc) is 2.63. The number of aromatic amines is 1. The minimum Gasteiger partial charge on any atom is -0.349 e. The van der Waals surface area contributed by atoms with E-state index in [1.54, 1.807) is 31.2 Å². The summed E-state index contributed by atoms with van der Waals surface area (Å²) in [5.41, 5.74) is -0.391. The first-order chi connectivity index (χ1) is 12.8. The van der Waals surface area contributed by atoms with Gasteiger partial charge in [0.25, 0.3) is 5.56 Å². The van der Waals surface area contributed by atoms with Gasteiger partial charge < -0.3 is 5.32 Å². The van der Waals surface area contributed by atoms with Crippen LogP contribution in [0.4, 0.5) is 13.2 Å². The summed E-state index contributed by atoms with van der Waals surface area (Å²) in [6.07, 6.45) is -4.56. The summed E-state index contributed by atoms with van der Waals surface area (Å²) in [6, 6.07) is 11.0. The van der Waals surface area contributed by atoms with E-state index in [1.807, 2.05) is 0 Å². The maximum absolute atomic E-state index is 12.8. The number of H-pyrrole nitrogens is 1. The zero-order valence-electron chi connectivity index (χ0n) is 14.3. The van der Waals surface area contributed by atoms with Gasteiger partial charge in [0.15, 0.2) is 0 Å². The number of hydrogen-bond acceptors (Lipinski definition) is 3.